The van der Waals surface area contributed by atoms with Crippen molar-refractivity contribution in [1.29, 1.82) is 0 Å². The largest absolute Gasteiger partial charge is 0.462 e. The molecule has 0 radical (unpaired) electrons. The van der Waals surface area contributed by atoms with Crippen LogP contribution in [0.2, 0.25) is 0 Å². The zero-order valence-electron chi connectivity index (χ0n) is 21.0. The summed E-state index contributed by atoms with van der Waals surface area (Å²) >= 11 is 8.60. The zero-order chi connectivity index (χ0) is 27.0. The maximum atomic E-state index is 13.7. The van der Waals surface area contributed by atoms with Gasteiger partial charge in [0.05, 0.1) is 33.4 Å². The fraction of sp³-hybridized carbons (Fsp3) is 0.345. The van der Waals surface area contributed by atoms with Gasteiger partial charge in [-0.1, -0.05) is 38.1 Å². The summed E-state index contributed by atoms with van der Waals surface area (Å²) in [5.74, 6) is -0.564. The number of hydrogen-bond acceptors (Lipinski definition) is 6. The predicted octanol–water partition coefficient (Wildman–Crippen LogP) is 7.59. The molecule has 5 unspecified atom stereocenters. The number of rotatable bonds is 7. The second kappa shape index (κ2) is 10.9. The summed E-state index contributed by atoms with van der Waals surface area (Å²) in [7, 11) is 0. The second-order valence-corrected chi connectivity index (χ2v) is 12.0. The van der Waals surface area contributed by atoms with Crippen LogP contribution in [0.4, 0.5) is 15.8 Å². The minimum Gasteiger partial charge on any atom is -0.462 e. The molecule has 5 rings (SSSR count). The molecule has 2 aliphatic rings. The van der Waals surface area contributed by atoms with Crippen molar-refractivity contribution in [2.75, 3.05) is 11.9 Å². The number of alkyl halides is 1. The third-order valence-corrected chi connectivity index (χ3v) is 9.28. The van der Waals surface area contributed by atoms with E-state index in [2.05, 4.69) is 5.32 Å². The summed E-state index contributed by atoms with van der Waals surface area (Å²) in [6, 6.07) is 18.5. The highest BCUT2D eigenvalue weighted by Crippen LogP contribution is 2.58. The lowest BCUT2D eigenvalue weighted by Gasteiger charge is -2.38. The first-order valence-electron chi connectivity index (χ1n) is 12.6. The van der Waals surface area contributed by atoms with Gasteiger partial charge in [0.15, 0.2) is 0 Å². The molecule has 1 heterocycles. The van der Waals surface area contributed by atoms with E-state index < -0.39 is 0 Å². The van der Waals surface area contributed by atoms with Gasteiger partial charge in [-0.2, -0.15) is 0 Å². The van der Waals surface area contributed by atoms with Gasteiger partial charge in [0.2, 0.25) is 0 Å². The molecular formula is C29H28ClFN2O4S. The normalized spacial score (nSPS) is 23.9. The number of para-hydroxylation sites is 1. The standard InChI is InChI=1S/C29H28ClFN2O4S/c1-16(2)15-37-29(34)18-9-12-22-20(13-18)26-21(28(32-22)17-7-10-19(31)11-8-17)14-25(27(26)30)38-24-6-4-3-5-23(24)33(35)36/h3-13,16,21,25-28,32H,14-15H2,1-2H3. The number of hydrogen-bond donors (Lipinski definition) is 1. The highest BCUT2D eigenvalue weighted by Gasteiger charge is 2.50. The van der Waals surface area contributed by atoms with Crippen LogP contribution in [0.1, 0.15) is 53.7 Å². The molecule has 9 heteroatoms. The monoisotopic (exact) mass is 554 g/mol. The summed E-state index contributed by atoms with van der Waals surface area (Å²) in [6.45, 7) is 4.30. The molecule has 1 saturated carbocycles. The number of nitro groups is 1. The second-order valence-electron chi connectivity index (χ2n) is 10.2. The third kappa shape index (κ3) is 5.24. The fourth-order valence-corrected chi connectivity index (χ4v) is 7.38. The van der Waals surface area contributed by atoms with Gasteiger partial charge in [0.25, 0.3) is 5.69 Å². The van der Waals surface area contributed by atoms with Crippen molar-refractivity contribution in [3.63, 3.8) is 0 Å². The Hall–Kier alpha value is -3.10. The van der Waals surface area contributed by atoms with E-state index in [1.807, 2.05) is 26.0 Å². The molecule has 1 aliphatic heterocycles. The van der Waals surface area contributed by atoms with E-state index in [1.54, 1.807) is 36.4 Å². The highest BCUT2D eigenvalue weighted by molar-refractivity contribution is 8.00. The molecule has 5 atom stereocenters. The van der Waals surface area contributed by atoms with E-state index in [4.69, 9.17) is 16.3 Å². The first-order valence-corrected chi connectivity index (χ1v) is 13.9. The van der Waals surface area contributed by atoms with Gasteiger partial charge in [-0.15, -0.1) is 23.4 Å². The molecule has 1 fully saturated rings. The van der Waals surface area contributed by atoms with Crippen molar-refractivity contribution in [1.82, 2.24) is 0 Å². The average Bonchev–Trinajstić information content (AvgIpc) is 3.23. The van der Waals surface area contributed by atoms with Crippen molar-refractivity contribution in [2.24, 2.45) is 11.8 Å². The van der Waals surface area contributed by atoms with Crippen molar-refractivity contribution >= 4 is 40.7 Å². The molecule has 0 saturated heterocycles. The van der Waals surface area contributed by atoms with Crippen molar-refractivity contribution in [2.45, 2.75) is 47.8 Å². The summed E-state index contributed by atoms with van der Waals surface area (Å²) in [4.78, 5) is 24.6. The van der Waals surface area contributed by atoms with Crippen LogP contribution in [0.25, 0.3) is 0 Å². The van der Waals surface area contributed by atoms with Crippen molar-refractivity contribution in [3.8, 4) is 0 Å². The lowest BCUT2D eigenvalue weighted by Crippen LogP contribution is -2.31. The van der Waals surface area contributed by atoms with Crippen molar-refractivity contribution < 1.29 is 18.8 Å². The number of carbonyl (C=O) groups excluding carboxylic acids is 1. The number of esters is 1. The van der Waals surface area contributed by atoms with E-state index in [0.29, 0.717) is 23.5 Å². The first-order chi connectivity index (χ1) is 18.2. The molecule has 3 aromatic rings. The summed E-state index contributed by atoms with van der Waals surface area (Å²) in [6.07, 6.45) is 0.687. The van der Waals surface area contributed by atoms with E-state index >= 15 is 0 Å². The topological polar surface area (TPSA) is 81.5 Å². The molecule has 198 valence electrons. The van der Waals surface area contributed by atoms with Crippen LogP contribution in [0, 0.1) is 27.8 Å². The van der Waals surface area contributed by atoms with Crippen LogP contribution in [-0.4, -0.2) is 28.1 Å². The molecular weight excluding hydrogens is 527 g/mol. The molecule has 38 heavy (non-hydrogen) atoms. The molecule has 3 aromatic carbocycles. The zero-order valence-corrected chi connectivity index (χ0v) is 22.5. The minimum absolute atomic E-state index is 0.0256. The maximum Gasteiger partial charge on any atom is 0.338 e. The quantitative estimate of drug-likeness (QED) is 0.140. The Labute approximate surface area is 230 Å². The van der Waals surface area contributed by atoms with Gasteiger partial charge in [-0.3, -0.25) is 10.1 Å². The molecule has 0 aromatic heterocycles. The predicted molar refractivity (Wildman–Crippen MR) is 148 cm³/mol. The summed E-state index contributed by atoms with van der Waals surface area (Å²) < 4.78 is 19.2. The van der Waals surface area contributed by atoms with Gasteiger partial charge in [-0.25, -0.2) is 9.18 Å². The van der Waals surface area contributed by atoms with Crippen LogP contribution in [0.5, 0.6) is 0 Å². The van der Waals surface area contributed by atoms with Gasteiger partial charge >= 0.3 is 5.97 Å². The molecule has 0 bridgehead atoms. The number of nitrogens with one attached hydrogen (secondary N) is 1. The maximum absolute atomic E-state index is 13.7. The van der Waals surface area contributed by atoms with Crippen LogP contribution >= 0.6 is 23.4 Å². The lowest BCUT2D eigenvalue weighted by atomic mass is 9.77. The fourth-order valence-electron chi connectivity index (χ4n) is 5.44. The Morgan fingerprint density at radius 2 is 1.92 bits per heavy atom. The highest BCUT2D eigenvalue weighted by atomic mass is 35.5. The smallest absolute Gasteiger partial charge is 0.338 e. The number of fused-ring (bicyclic) bond motifs is 3. The molecule has 1 aliphatic carbocycles. The van der Waals surface area contributed by atoms with Gasteiger partial charge in [-0.05, 0) is 65.8 Å². The molecule has 0 spiro atoms. The third-order valence-electron chi connectivity index (χ3n) is 7.17. The molecule has 6 nitrogen and oxygen atoms in total. The molecule has 0 amide bonds. The number of anilines is 1. The average molecular weight is 555 g/mol. The number of nitro benzene ring substituents is 1. The van der Waals surface area contributed by atoms with Crippen LogP contribution < -0.4 is 5.32 Å². The van der Waals surface area contributed by atoms with Crippen LogP contribution in [0.15, 0.2) is 71.6 Å². The van der Waals surface area contributed by atoms with E-state index in [9.17, 15) is 19.3 Å². The summed E-state index contributed by atoms with van der Waals surface area (Å²) in [5.41, 5.74) is 3.25. The number of nitrogens with zero attached hydrogens (tertiary/aromatic N) is 1. The number of benzene rings is 3. The van der Waals surface area contributed by atoms with Crippen molar-refractivity contribution in [3.05, 3.63) is 99.4 Å². The van der Waals surface area contributed by atoms with Crippen LogP contribution in [0.3, 0.4) is 0 Å². The first kappa shape index (κ1) is 26.5. The number of carbonyl (C=O) groups is 1. The Kier molecular flexibility index (Phi) is 7.63. The Morgan fingerprint density at radius 3 is 2.63 bits per heavy atom. The summed E-state index contributed by atoms with van der Waals surface area (Å²) in [5, 5.41) is 14.8. The van der Waals surface area contributed by atoms with E-state index in [0.717, 1.165) is 16.8 Å². The van der Waals surface area contributed by atoms with E-state index in [-0.39, 0.29) is 56.8 Å². The molecule has 1 N–H and O–H groups in total. The number of ether oxygens (including phenoxy) is 1. The number of halogens is 2. The Bertz CT molecular complexity index is 1350. The van der Waals surface area contributed by atoms with E-state index in [1.165, 1.54) is 30.0 Å². The number of thioether (sulfide) groups is 1. The minimum atomic E-state index is -0.381. The Morgan fingerprint density at radius 1 is 1.18 bits per heavy atom. The van der Waals surface area contributed by atoms with Gasteiger partial charge < -0.3 is 10.1 Å². The SMILES string of the molecule is CC(C)COC(=O)c1ccc2c(c1)C1C(Cl)C(Sc3ccccc3[N+](=O)[O-])CC1C(c1ccc(F)cc1)N2. The lowest BCUT2D eigenvalue weighted by molar-refractivity contribution is -0.387. The van der Waals surface area contributed by atoms with Gasteiger partial charge in [0, 0.05) is 22.9 Å². The Balaban J connectivity index is 1.51. The van der Waals surface area contributed by atoms with Gasteiger partial charge in [0.1, 0.15) is 5.82 Å². The van der Waals surface area contributed by atoms with Crippen LogP contribution in [-0.2, 0) is 4.74 Å².